The Morgan fingerprint density at radius 2 is 1.96 bits per heavy atom. The lowest BCUT2D eigenvalue weighted by Gasteiger charge is -2.09. The lowest BCUT2D eigenvalue weighted by Crippen LogP contribution is -2.28. The first-order valence-electron chi connectivity index (χ1n) is 6.80. The molecule has 0 saturated carbocycles. The maximum absolute atomic E-state index is 12.0. The number of nitrogens with zero attached hydrogens (tertiary/aromatic N) is 1. The molecule has 2 aromatic rings. The molecule has 23 heavy (non-hydrogen) atoms. The van der Waals surface area contributed by atoms with Crippen LogP contribution in [0, 0.1) is 0 Å². The van der Waals surface area contributed by atoms with Crippen molar-refractivity contribution in [1.29, 1.82) is 0 Å². The number of carbonyl (C=O) groups excluding carboxylic acids is 2. The Morgan fingerprint density at radius 3 is 2.65 bits per heavy atom. The molecule has 0 spiro atoms. The van der Waals surface area contributed by atoms with Crippen molar-refractivity contribution < 1.29 is 19.1 Å². The maximum atomic E-state index is 12.0. The fourth-order valence-electron chi connectivity index (χ4n) is 1.83. The molecule has 1 amide bonds. The third kappa shape index (κ3) is 4.69. The fourth-order valence-corrected chi connectivity index (χ4v) is 1.99. The van der Waals surface area contributed by atoms with E-state index in [9.17, 15) is 9.59 Å². The molecule has 1 aromatic heterocycles. The van der Waals surface area contributed by atoms with Crippen LogP contribution in [0.5, 0.6) is 5.75 Å². The number of halogens is 1. The second-order valence-corrected chi connectivity index (χ2v) is 4.91. The Labute approximate surface area is 138 Å². The van der Waals surface area contributed by atoms with E-state index in [4.69, 9.17) is 21.1 Å². The van der Waals surface area contributed by atoms with Crippen molar-refractivity contribution in [2.24, 2.45) is 0 Å². The van der Waals surface area contributed by atoms with E-state index in [0.29, 0.717) is 16.3 Å². The van der Waals surface area contributed by atoms with Crippen LogP contribution >= 0.6 is 11.6 Å². The molecular formula is C16H15ClN2O4. The van der Waals surface area contributed by atoms with Gasteiger partial charge >= 0.3 is 5.97 Å². The average Bonchev–Trinajstić information content (AvgIpc) is 2.58. The largest absolute Gasteiger partial charge is 0.496 e. The van der Waals surface area contributed by atoms with Gasteiger partial charge in [-0.3, -0.25) is 9.78 Å². The van der Waals surface area contributed by atoms with Crippen molar-refractivity contribution in [1.82, 2.24) is 10.3 Å². The number of methoxy groups -OCH3 is 1. The second kappa shape index (κ2) is 8.14. The minimum Gasteiger partial charge on any atom is -0.496 e. The minimum atomic E-state index is -0.545. The molecule has 0 saturated heterocycles. The quantitative estimate of drug-likeness (QED) is 0.648. The highest BCUT2D eigenvalue weighted by molar-refractivity contribution is 6.30. The highest BCUT2D eigenvalue weighted by Gasteiger charge is 2.14. The molecule has 0 atom stereocenters. The molecule has 0 aliphatic rings. The number of hydrogen-bond acceptors (Lipinski definition) is 5. The maximum Gasteiger partial charge on any atom is 0.341 e. The molecule has 1 N–H and O–H groups in total. The lowest BCUT2D eigenvalue weighted by atomic mass is 10.2. The summed E-state index contributed by atoms with van der Waals surface area (Å²) < 4.78 is 10.2. The number of benzene rings is 1. The predicted molar refractivity (Wildman–Crippen MR) is 84.9 cm³/mol. The molecule has 0 radical (unpaired) electrons. The third-order valence-electron chi connectivity index (χ3n) is 2.95. The summed E-state index contributed by atoms with van der Waals surface area (Å²) in [5, 5.41) is 3.11. The first-order valence-corrected chi connectivity index (χ1v) is 7.18. The molecule has 1 heterocycles. The van der Waals surface area contributed by atoms with E-state index in [1.165, 1.54) is 31.6 Å². The fraction of sp³-hybridized carbons (Fsp3) is 0.188. The van der Waals surface area contributed by atoms with Gasteiger partial charge in [0.1, 0.15) is 17.9 Å². The Balaban J connectivity index is 1.82. The van der Waals surface area contributed by atoms with Crippen molar-refractivity contribution in [2.45, 2.75) is 0 Å². The van der Waals surface area contributed by atoms with E-state index in [1.807, 2.05) is 0 Å². The standard InChI is InChI=1S/C16H15ClN2O4/c1-22-14-10-12(17)2-3-13(14)16(21)23-9-8-19-15(20)11-4-6-18-7-5-11/h2-7,10H,8-9H2,1H3,(H,19,20). The summed E-state index contributed by atoms with van der Waals surface area (Å²) in [7, 11) is 1.44. The summed E-state index contributed by atoms with van der Waals surface area (Å²) in [6.07, 6.45) is 3.06. The highest BCUT2D eigenvalue weighted by Crippen LogP contribution is 2.23. The Morgan fingerprint density at radius 1 is 1.22 bits per heavy atom. The lowest BCUT2D eigenvalue weighted by molar-refractivity contribution is 0.0499. The van der Waals surface area contributed by atoms with E-state index in [0.717, 1.165) is 0 Å². The van der Waals surface area contributed by atoms with Gasteiger partial charge in [-0.15, -0.1) is 0 Å². The van der Waals surface area contributed by atoms with Crippen LogP contribution in [0.15, 0.2) is 42.7 Å². The summed E-state index contributed by atoms with van der Waals surface area (Å²) in [5.41, 5.74) is 0.767. The van der Waals surface area contributed by atoms with Gasteiger partial charge in [-0.1, -0.05) is 11.6 Å². The zero-order valence-corrected chi connectivity index (χ0v) is 13.2. The average molecular weight is 335 g/mol. The molecule has 0 aliphatic heterocycles. The normalized spacial score (nSPS) is 10.0. The van der Waals surface area contributed by atoms with Gasteiger partial charge in [-0.05, 0) is 30.3 Å². The van der Waals surface area contributed by atoms with E-state index >= 15 is 0 Å². The van der Waals surface area contributed by atoms with Gasteiger partial charge in [-0.2, -0.15) is 0 Å². The molecule has 0 aliphatic carbocycles. The molecule has 1 aromatic carbocycles. The molecule has 2 rings (SSSR count). The van der Waals surface area contributed by atoms with Gasteiger partial charge in [0.05, 0.1) is 13.7 Å². The third-order valence-corrected chi connectivity index (χ3v) is 3.18. The monoisotopic (exact) mass is 334 g/mol. The van der Waals surface area contributed by atoms with Gasteiger partial charge in [0.25, 0.3) is 5.91 Å². The molecule has 120 valence electrons. The van der Waals surface area contributed by atoms with Crippen molar-refractivity contribution in [3.63, 3.8) is 0 Å². The predicted octanol–water partition coefficient (Wildman–Crippen LogP) is 2.33. The van der Waals surface area contributed by atoms with E-state index < -0.39 is 5.97 Å². The zero-order chi connectivity index (χ0) is 16.7. The Hall–Kier alpha value is -2.60. The number of rotatable bonds is 6. The molecule has 0 fully saturated rings. The number of esters is 1. The number of hydrogen-bond donors (Lipinski definition) is 1. The Kier molecular flexibility index (Phi) is 5.94. The summed E-state index contributed by atoms with van der Waals surface area (Å²) in [6.45, 7) is 0.240. The summed E-state index contributed by atoms with van der Waals surface area (Å²) in [6, 6.07) is 7.83. The smallest absolute Gasteiger partial charge is 0.341 e. The number of aromatic nitrogens is 1. The van der Waals surface area contributed by atoms with Crippen LogP contribution < -0.4 is 10.1 Å². The molecular weight excluding hydrogens is 320 g/mol. The van der Waals surface area contributed by atoms with Crippen LogP contribution in [-0.2, 0) is 4.74 Å². The van der Waals surface area contributed by atoms with E-state index in [1.54, 1.807) is 18.2 Å². The number of amides is 1. The second-order valence-electron chi connectivity index (χ2n) is 4.47. The Bertz CT molecular complexity index is 692. The van der Waals surface area contributed by atoms with Gasteiger partial charge in [0.15, 0.2) is 0 Å². The summed E-state index contributed by atoms with van der Waals surface area (Å²) in [5.74, 6) is -0.465. The van der Waals surface area contributed by atoms with Crippen LogP contribution in [0.3, 0.4) is 0 Å². The van der Waals surface area contributed by atoms with Crippen LogP contribution in [0.25, 0.3) is 0 Å². The van der Waals surface area contributed by atoms with Gasteiger partial charge in [0.2, 0.25) is 0 Å². The van der Waals surface area contributed by atoms with Crippen LogP contribution in [-0.4, -0.2) is 37.1 Å². The number of pyridine rings is 1. The van der Waals surface area contributed by atoms with Gasteiger partial charge in [0, 0.05) is 23.0 Å². The van der Waals surface area contributed by atoms with E-state index in [2.05, 4.69) is 10.3 Å². The van der Waals surface area contributed by atoms with Crippen molar-refractivity contribution in [3.05, 3.63) is 58.9 Å². The van der Waals surface area contributed by atoms with E-state index in [-0.39, 0.29) is 24.6 Å². The minimum absolute atomic E-state index is 0.0431. The van der Waals surface area contributed by atoms with Gasteiger partial charge < -0.3 is 14.8 Å². The number of carbonyl (C=O) groups is 2. The summed E-state index contributed by atoms with van der Waals surface area (Å²) in [4.78, 5) is 27.6. The number of nitrogens with one attached hydrogen (secondary N) is 1. The number of ether oxygens (including phenoxy) is 2. The van der Waals surface area contributed by atoms with Crippen LogP contribution in [0.2, 0.25) is 5.02 Å². The molecule has 0 unspecified atom stereocenters. The zero-order valence-electron chi connectivity index (χ0n) is 12.4. The highest BCUT2D eigenvalue weighted by atomic mass is 35.5. The van der Waals surface area contributed by atoms with Crippen molar-refractivity contribution >= 4 is 23.5 Å². The van der Waals surface area contributed by atoms with Crippen LogP contribution in [0.4, 0.5) is 0 Å². The van der Waals surface area contributed by atoms with Crippen molar-refractivity contribution in [3.8, 4) is 5.75 Å². The first-order chi connectivity index (χ1) is 11.1. The molecule has 0 bridgehead atoms. The SMILES string of the molecule is COc1cc(Cl)ccc1C(=O)OCCNC(=O)c1ccncc1. The van der Waals surface area contributed by atoms with Crippen LogP contribution in [0.1, 0.15) is 20.7 Å². The molecule has 7 heteroatoms. The molecule has 6 nitrogen and oxygen atoms in total. The summed E-state index contributed by atoms with van der Waals surface area (Å²) >= 11 is 5.84. The first kappa shape index (κ1) is 16.8. The van der Waals surface area contributed by atoms with Crippen molar-refractivity contribution in [2.75, 3.05) is 20.3 Å². The topological polar surface area (TPSA) is 77.5 Å². The van der Waals surface area contributed by atoms with Gasteiger partial charge in [-0.25, -0.2) is 4.79 Å².